The molecule has 2 radical (unpaired) electrons. The second-order valence-electron chi connectivity index (χ2n) is 1.46. The summed E-state index contributed by atoms with van der Waals surface area (Å²) >= 11 is 3.04. The van der Waals surface area contributed by atoms with E-state index in [-0.39, 0.29) is 11.0 Å². The van der Waals surface area contributed by atoms with Crippen LogP contribution in [-0.2, 0) is 0 Å². The summed E-state index contributed by atoms with van der Waals surface area (Å²) < 4.78 is 0.520. The molecule has 0 amide bonds. The van der Waals surface area contributed by atoms with Gasteiger partial charge < -0.3 is 0 Å². The van der Waals surface area contributed by atoms with Crippen LogP contribution in [0, 0.1) is 0 Å². The standard InChI is InChI=1S/C4H2BBrN2O/c5-3-2(6)1-7-8-4(3)9/h1H,(H,8,9). The van der Waals surface area contributed by atoms with Crippen LogP contribution in [0.15, 0.2) is 15.5 Å². The van der Waals surface area contributed by atoms with Crippen LogP contribution in [0.25, 0.3) is 0 Å². The monoisotopic (exact) mass is 184 g/mol. The average Bonchev–Trinajstić information content (AvgIpc) is 1.83. The molecule has 0 atom stereocenters. The lowest BCUT2D eigenvalue weighted by Crippen LogP contribution is -2.29. The highest BCUT2D eigenvalue weighted by atomic mass is 79.9. The Balaban J connectivity index is 3.43. The number of halogens is 1. The van der Waals surface area contributed by atoms with Crippen LogP contribution in [0.4, 0.5) is 0 Å². The molecule has 0 saturated carbocycles. The zero-order chi connectivity index (χ0) is 6.85. The van der Waals surface area contributed by atoms with Gasteiger partial charge in [0.2, 0.25) is 0 Å². The first-order valence-electron chi connectivity index (χ1n) is 2.20. The Morgan fingerprint density at radius 3 is 2.89 bits per heavy atom. The van der Waals surface area contributed by atoms with Crippen molar-refractivity contribution >= 4 is 29.2 Å². The number of hydrogen-bond acceptors (Lipinski definition) is 2. The number of nitrogens with one attached hydrogen (secondary N) is 1. The van der Waals surface area contributed by atoms with E-state index in [1.54, 1.807) is 0 Å². The number of hydrogen-bond donors (Lipinski definition) is 1. The fourth-order valence-corrected chi connectivity index (χ4v) is 0.668. The maximum Gasteiger partial charge on any atom is 0.258 e. The molecule has 0 aromatic carbocycles. The molecular weight excluding hydrogens is 183 g/mol. The fourth-order valence-electron chi connectivity index (χ4n) is 0.386. The Morgan fingerprint density at radius 2 is 2.44 bits per heavy atom. The van der Waals surface area contributed by atoms with Crippen molar-refractivity contribution in [3.05, 3.63) is 21.0 Å². The van der Waals surface area contributed by atoms with Crippen LogP contribution in [0.2, 0.25) is 0 Å². The van der Waals surface area contributed by atoms with Gasteiger partial charge in [-0.3, -0.25) is 4.79 Å². The van der Waals surface area contributed by atoms with Crippen molar-refractivity contribution in [3.8, 4) is 0 Å². The van der Waals surface area contributed by atoms with Crippen molar-refractivity contribution < 1.29 is 0 Å². The van der Waals surface area contributed by atoms with Gasteiger partial charge in [-0.2, -0.15) is 5.10 Å². The van der Waals surface area contributed by atoms with Crippen molar-refractivity contribution in [2.45, 2.75) is 0 Å². The van der Waals surface area contributed by atoms with Crippen molar-refractivity contribution in [1.82, 2.24) is 10.2 Å². The summed E-state index contributed by atoms with van der Waals surface area (Å²) in [6.07, 6.45) is 1.43. The third-order valence-electron chi connectivity index (χ3n) is 0.846. The van der Waals surface area contributed by atoms with Crippen LogP contribution in [0.1, 0.15) is 0 Å². The van der Waals surface area contributed by atoms with Crippen LogP contribution in [-0.4, -0.2) is 18.0 Å². The minimum absolute atomic E-state index is 0.157. The van der Waals surface area contributed by atoms with Gasteiger partial charge in [0, 0.05) is 4.47 Å². The van der Waals surface area contributed by atoms with Gasteiger partial charge in [0.15, 0.2) is 0 Å². The topological polar surface area (TPSA) is 45.8 Å². The highest BCUT2D eigenvalue weighted by Gasteiger charge is 1.95. The Bertz CT molecular complexity index is 272. The molecule has 0 aliphatic carbocycles. The lowest BCUT2D eigenvalue weighted by Gasteiger charge is -1.90. The molecule has 0 aliphatic heterocycles. The lowest BCUT2D eigenvalue weighted by atomic mass is 10.00. The third-order valence-corrected chi connectivity index (χ3v) is 1.48. The predicted octanol–water partition coefficient (Wildman–Crippen LogP) is -0.674. The summed E-state index contributed by atoms with van der Waals surface area (Å²) in [5.74, 6) is 0. The Kier molecular flexibility index (Phi) is 1.71. The fraction of sp³-hybridized carbons (Fsp3) is 0. The SMILES string of the molecule is [B]c1c(Br)cn[nH]c1=O. The number of H-pyrrole nitrogens is 1. The molecule has 44 valence electrons. The molecular formula is C4H2BBrN2O. The molecule has 9 heavy (non-hydrogen) atoms. The van der Waals surface area contributed by atoms with Crippen molar-refractivity contribution in [2.75, 3.05) is 0 Å². The Labute approximate surface area is 61.0 Å². The lowest BCUT2D eigenvalue weighted by molar-refractivity contribution is 0.993. The summed E-state index contributed by atoms with van der Waals surface area (Å²) in [5, 5.41) is 5.66. The van der Waals surface area contributed by atoms with E-state index in [0.717, 1.165) is 0 Å². The van der Waals surface area contributed by atoms with Gasteiger partial charge >= 0.3 is 0 Å². The van der Waals surface area contributed by atoms with Gasteiger partial charge in [-0.25, -0.2) is 5.10 Å². The van der Waals surface area contributed by atoms with E-state index in [1.165, 1.54) is 6.20 Å². The van der Waals surface area contributed by atoms with Crippen LogP contribution < -0.4 is 11.0 Å². The molecule has 0 saturated heterocycles. The third kappa shape index (κ3) is 1.21. The quantitative estimate of drug-likeness (QED) is 0.544. The zero-order valence-corrected chi connectivity index (χ0v) is 5.97. The zero-order valence-electron chi connectivity index (χ0n) is 4.39. The van der Waals surface area contributed by atoms with E-state index in [9.17, 15) is 4.79 Å². The molecule has 1 rings (SSSR count). The Hall–Kier alpha value is -0.575. The van der Waals surface area contributed by atoms with Crippen LogP contribution in [0.5, 0.6) is 0 Å². The highest BCUT2D eigenvalue weighted by Crippen LogP contribution is 1.96. The van der Waals surface area contributed by atoms with Crippen LogP contribution in [0.3, 0.4) is 0 Å². The van der Waals surface area contributed by atoms with E-state index in [2.05, 4.69) is 26.1 Å². The normalized spacial score (nSPS) is 9.44. The molecule has 0 fully saturated rings. The summed E-state index contributed by atoms with van der Waals surface area (Å²) in [7, 11) is 5.25. The minimum atomic E-state index is -0.371. The Morgan fingerprint density at radius 1 is 1.78 bits per heavy atom. The second-order valence-corrected chi connectivity index (χ2v) is 2.32. The van der Waals surface area contributed by atoms with E-state index < -0.39 is 0 Å². The maximum absolute atomic E-state index is 10.6. The van der Waals surface area contributed by atoms with Gasteiger partial charge in [0.05, 0.1) is 6.20 Å². The van der Waals surface area contributed by atoms with E-state index in [1.807, 2.05) is 0 Å². The van der Waals surface area contributed by atoms with Crippen LogP contribution >= 0.6 is 15.9 Å². The second kappa shape index (κ2) is 2.35. The largest absolute Gasteiger partial charge is 0.269 e. The maximum atomic E-state index is 10.6. The molecule has 0 aliphatic rings. The van der Waals surface area contributed by atoms with E-state index in [0.29, 0.717) is 4.47 Å². The van der Waals surface area contributed by atoms with Crippen molar-refractivity contribution in [2.24, 2.45) is 0 Å². The predicted molar refractivity (Wildman–Crippen MR) is 37.9 cm³/mol. The summed E-state index contributed by atoms with van der Waals surface area (Å²) in [4.78, 5) is 10.6. The number of nitrogens with zero attached hydrogens (tertiary/aromatic N) is 1. The molecule has 0 bridgehead atoms. The molecule has 1 aromatic heterocycles. The number of aromatic nitrogens is 2. The molecule has 5 heteroatoms. The molecule has 0 spiro atoms. The first-order chi connectivity index (χ1) is 4.22. The molecule has 1 heterocycles. The molecule has 1 N–H and O–H groups in total. The van der Waals surface area contributed by atoms with Gasteiger partial charge in [-0.1, -0.05) is 0 Å². The summed E-state index contributed by atoms with van der Waals surface area (Å²) in [5.41, 5.74) is -0.214. The first kappa shape index (κ1) is 6.54. The average molecular weight is 185 g/mol. The summed E-state index contributed by atoms with van der Waals surface area (Å²) in [6.45, 7) is 0. The van der Waals surface area contributed by atoms with E-state index in [4.69, 9.17) is 7.85 Å². The van der Waals surface area contributed by atoms with Crippen molar-refractivity contribution in [3.63, 3.8) is 0 Å². The number of rotatable bonds is 0. The van der Waals surface area contributed by atoms with Gasteiger partial charge in [-0.15, -0.1) is 0 Å². The highest BCUT2D eigenvalue weighted by molar-refractivity contribution is 9.10. The molecule has 3 nitrogen and oxygen atoms in total. The van der Waals surface area contributed by atoms with Crippen molar-refractivity contribution in [1.29, 1.82) is 0 Å². The van der Waals surface area contributed by atoms with E-state index >= 15 is 0 Å². The first-order valence-corrected chi connectivity index (χ1v) is 3.00. The summed E-state index contributed by atoms with van der Waals surface area (Å²) in [6, 6.07) is 0. The molecule has 1 aromatic rings. The smallest absolute Gasteiger partial charge is 0.258 e. The van der Waals surface area contributed by atoms with Gasteiger partial charge in [-0.05, 0) is 21.4 Å². The minimum Gasteiger partial charge on any atom is -0.269 e. The van der Waals surface area contributed by atoms with Gasteiger partial charge in [0.25, 0.3) is 5.56 Å². The van der Waals surface area contributed by atoms with Gasteiger partial charge in [0.1, 0.15) is 7.85 Å². The molecule has 0 unspecified atom stereocenters. The number of aromatic amines is 1.